The van der Waals surface area contributed by atoms with Crippen molar-refractivity contribution in [1.82, 2.24) is 0 Å². The summed E-state index contributed by atoms with van der Waals surface area (Å²) in [5.74, 6) is 0. The molecular formula is C15H15BrO. The maximum absolute atomic E-state index is 9.32. The zero-order valence-electron chi connectivity index (χ0n) is 9.73. The average molecular weight is 291 g/mol. The van der Waals surface area contributed by atoms with Gasteiger partial charge in [0.2, 0.25) is 0 Å². The maximum atomic E-state index is 9.32. The lowest BCUT2D eigenvalue weighted by atomic mass is 10.0. The Labute approximate surface area is 110 Å². The van der Waals surface area contributed by atoms with Crippen molar-refractivity contribution in [3.8, 4) is 11.1 Å². The summed E-state index contributed by atoms with van der Waals surface area (Å²) in [7, 11) is 0. The van der Waals surface area contributed by atoms with Crippen LogP contribution in [0, 0.1) is 0 Å². The van der Waals surface area contributed by atoms with Gasteiger partial charge in [-0.2, -0.15) is 0 Å². The van der Waals surface area contributed by atoms with Crippen LogP contribution in [0.3, 0.4) is 0 Å². The molecule has 0 saturated carbocycles. The molecule has 1 nitrogen and oxygen atoms in total. The molecule has 0 amide bonds. The van der Waals surface area contributed by atoms with Gasteiger partial charge < -0.3 is 5.11 Å². The van der Waals surface area contributed by atoms with Gasteiger partial charge in [-0.15, -0.1) is 0 Å². The summed E-state index contributed by atoms with van der Waals surface area (Å²) >= 11 is 3.43. The Morgan fingerprint density at radius 2 is 1.41 bits per heavy atom. The second kappa shape index (κ2) is 5.48. The standard InChI is InChI=1S/C15H15BrO/c1-11(17)10-12-2-4-13(5-3-12)14-6-8-15(16)9-7-14/h2-9,11,17H,10H2,1H3. The van der Waals surface area contributed by atoms with E-state index in [2.05, 4.69) is 52.3 Å². The highest BCUT2D eigenvalue weighted by Crippen LogP contribution is 2.22. The highest BCUT2D eigenvalue weighted by atomic mass is 79.9. The molecule has 0 spiro atoms. The monoisotopic (exact) mass is 290 g/mol. The quantitative estimate of drug-likeness (QED) is 0.905. The third kappa shape index (κ3) is 3.42. The minimum Gasteiger partial charge on any atom is -0.393 e. The number of aliphatic hydroxyl groups excluding tert-OH is 1. The summed E-state index contributed by atoms with van der Waals surface area (Å²) in [6.07, 6.45) is 0.425. The van der Waals surface area contributed by atoms with Crippen LogP contribution in [0.1, 0.15) is 12.5 Å². The second-order valence-electron chi connectivity index (χ2n) is 4.26. The SMILES string of the molecule is CC(O)Cc1ccc(-c2ccc(Br)cc2)cc1. The van der Waals surface area contributed by atoms with Crippen LogP contribution < -0.4 is 0 Å². The molecule has 0 aliphatic rings. The molecule has 2 aromatic carbocycles. The van der Waals surface area contributed by atoms with Crippen molar-refractivity contribution in [3.63, 3.8) is 0 Å². The lowest BCUT2D eigenvalue weighted by Crippen LogP contribution is -2.03. The first-order valence-corrected chi connectivity index (χ1v) is 6.47. The van der Waals surface area contributed by atoms with E-state index in [4.69, 9.17) is 0 Å². The predicted molar refractivity (Wildman–Crippen MR) is 75.0 cm³/mol. The van der Waals surface area contributed by atoms with Crippen LogP contribution in [0.5, 0.6) is 0 Å². The van der Waals surface area contributed by atoms with Crippen LogP contribution in [0.15, 0.2) is 53.0 Å². The lowest BCUT2D eigenvalue weighted by molar-refractivity contribution is 0.195. The van der Waals surface area contributed by atoms with Gasteiger partial charge >= 0.3 is 0 Å². The molecule has 0 bridgehead atoms. The molecule has 0 saturated heterocycles. The van der Waals surface area contributed by atoms with Crippen molar-refractivity contribution >= 4 is 15.9 Å². The van der Waals surface area contributed by atoms with E-state index in [9.17, 15) is 5.11 Å². The van der Waals surface area contributed by atoms with Gasteiger partial charge in [0.05, 0.1) is 6.10 Å². The van der Waals surface area contributed by atoms with Crippen LogP contribution in [-0.4, -0.2) is 11.2 Å². The van der Waals surface area contributed by atoms with Crippen molar-refractivity contribution in [2.75, 3.05) is 0 Å². The fraction of sp³-hybridized carbons (Fsp3) is 0.200. The van der Waals surface area contributed by atoms with Crippen molar-refractivity contribution in [1.29, 1.82) is 0 Å². The topological polar surface area (TPSA) is 20.2 Å². The predicted octanol–water partition coefficient (Wildman–Crippen LogP) is 4.04. The number of benzene rings is 2. The van der Waals surface area contributed by atoms with E-state index in [1.165, 1.54) is 16.7 Å². The number of hydrogen-bond acceptors (Lipinski definition) is 1. The first-order valence-electron chi connectivity index (χ1n) is 5.68. The molecule has 0 heterocycles. The zero-order chi connectivity index (χ0) is 12.3. The van der Waals surface area contributed by atoms with Gasteiger partial charge in [0.25, 0.3) is 0 Å². The van der Waals surface area contributed by atoms with E-state index in [0.717, 1.165) is 4.47 Å². The van der Waals surface area contributed by atoms with Crippen LogP contribution in [0.2, 0.25) is 0 Å². The second-order valence-corrected chi connectivity index (χ2v) is 5.17. The molecule has 1 N–H and O–H groups in total. The number of halogens is 1. The largest absolute Gasteiger partial charge is 0.393 e. The molecule has 17 heavy (non-hydrogen) atoms. The molecule has 2 heteroatoms. The molecule has 88 valence electrons. The van der Waals surface area contributed by atoms with Crippen molar-refractivity contribution in [2.45, 2.75) is 19.4 Å². The minimum atomic E-state index is -0.284. The minimum absolute atomic E-state index is 0.284. The Hall–Kier alpha value is -1.12. The van der Waals surface area contributed by atoms with Gasteiger partial charge in [-0.3, -0.25) is 0 Å². The molecule has 0 radical (unpaired) electrons. The van der Waals surface area contributed by atoms with Gasteiger partial charge in [-0.1, -0.05) is 52.3 Å². The Morgan fingerprint density at radius 1 is 0.941 bits per heavy atom. The molecule has 0 aliphatic carbocycles. The first-order chi connectivity index (χ1) is 8.15. The van der Waals surface area contributed by atoms with E-state index >= 15 is 0 Å². The Balaban J connectivity index is 2.20. The maximum Gasteiger partial charge on any atom is 0.0552 e. The summed E-state index contributed by atoms with van der Waals surface area (Å²) in [4.78, 5) is 0. The normalized spacial score (nSPS) is 12.4. The summed E-state index contributed by atoms with van der Waals surface area (Å²) in [6.45, 7) is 1.81. The third-order valence-corrected chi connectivity index (χ3v) is 3.19. The van der Waals surface area contributed by atoms with E-state index in [1.807, 2.05) is 19.1 Å². The van der Waals surface area contributed by atoms with Crippen LogP contribution in [0.4, 0.5) is 0 Å². The van der Waals surface area contributed by atoms with E-state index in [1.54, 1.807) is 0 Å². The van der Waals surface area contributed by atoms with Crippen LogP contribution in [-0.2, 0) is 6.42 Å². The summed E-state index contributed by atoms with van der Waals surface area (Å²) in [6, 6.07) is 16.6. The smallest absolute Gasteiger partial charge is 0.0552 e. The molecule has 0 fully saturated rings. The van der Waals surface area contributed by atoms with Crippen molar-refractivity contribution in [2.24, 2.45) is 0 Å². The first kappa shape index (κ1) is 12.3. The molecule has 2 rings (SSSR count). The van der Waals surface area contributed by atoms with E-state index in [0.29, 0.717) is 6.42 Å². The molecular weight excluding hydrogens is 276 g/mol. The van der Waals surface area contributed by atoms with Gasteiger partial charge in [0.1, 0.15) is 0 Å². The Kier molecular flexibility index (Phi) is 3.97. The van der Waals surface area contributed by atoms with Gasteiger partial charge in [0, 0.05) is 4.47 Å². The van der Waals surface area contributed by atoms with Crippen molar-refractivity contribution < 1.29 is 5.11 Å². The number of aliphatic hydroxyl groups is 1. The van der Waals surface area contributed by atoms with E-state index in [-0.39, 0.29) is 6.10 Å². The third-order valence-electron chi connectivity index (χ3n) is 2.66. The zero-order valence-corrected chi connectivity index (χ0v) is 11.3. The highest BCUT2D eigenvalue weighted by molar-refractivity contribution is 9.10. The lowest BCUT2D eigenvalue weighted by Gasteiger charge is -2.06. The van der Waals surface area contributed by atoms with Crippen LogP contribution in [0.25, 0.3) is 11.1 Å². The fourth-order valence-corrected chi connectivity index (χ4v) is 2.08. The van der Waals surface area contributed by atoms with Crippen LogP contribution >= 0.6 is 15.9 Å². The average Bonchev–Trinajstić information content (AvgIpc) is 2.30. The molecule has 2 aromatic rings. The number of rotatable bonds is 3. The Morgan fingerprint density at radius 3 is 1.88 bits per heavy atom. The molecule has 0 aliphatic heterocycles. The van der Waals surface area contributed by atoms with E-state index < -0.39 is 0 Å². The highest BCUT2D eigenvalue weighted by Gasteiger charge is 2.00. The summed E-state index contributed by atoms with van der Waals surface area (Å²) < 4.78 is 1.09. The molecule has 0 aromatic heterocycles. The van der Waals surface area contributed by atoms with Gasteiger partial charge in [0.15, 0.2) is 0 Å². The molecule has 1 atom stereocenters. The summed E-state index contributed by atoms with van der Waals surface area (Å²) in [5, 5.41) is 9.32. The number of hydrogen-bond donors (Lipinski definition) is 1. The summed E-state index contributed by atoms with van der Waals surface area (Å²) in [5.41, 5.74) is 3.57. The van der Waals surface area contributed by atoms with Gasteiger partial charge in [-0.25, -0.2) is 0 Å². The van der Waals surface area contributed by atoms with Gasteiger partial charge in [-0.05, 0) is 42.2 Å². The molecule has 1 unspecified atom stereocenters. The fourth-order valence-electron chi connectivity index (χ4n) is 1.82. The Bertz CT molecular complexity index is 471. The van der Waals surface area contributed by atoms with Crippen molar-refractivity contribution in [3.05, 3.63) is 58.6 Å².